The van der Waals surface area contributed by atoms with Crippen molar-refractivity contribution in [1.82, 2.24) is 0 Å². The molecule has 3 nitrogen and oxygen atoms in total. The van der Waals surface area contributed by atoms with E-state index in [1.165, 1.54) is 11.3 Å². The number of aldehydes is 1. The van der Waals surface area contributed by atoms with Gasteiger partial charge in [0.05, 0.1) is 0 Å². The Labute approximate surface area is 79.9 Å². The summed E-state index contributed by atoms with van der Waals surface area (Å²) in [5.74, 6) is -0.376. The predicted molar refractivity (Wildman–Crippen MR) is 52.6 cm³/mol. The molecular formula is C9H9NO2S. The van der Waals surface area contributed by atoms with Crippen LogP contribution >= 0.6 is 11.3 Å². The lowest BCUT2D eigenvalue weighted by atomic mass is 10.2. The first kappa shape index (κ1) is 9.67. The Morgan fingerprint density at radius 2 is 2.15 bits per heavy atom. The van der Waals surface area contributed by atoms with Crippen LogP contribution in [0.2, 0.25) is 0 Å². The van der Waals surface area contributed by atoms with Gasteiger partial charge in [-0.1, -0.05) is 12.2 Å². The van der Waals surface area contributed by atoms with Crippen molar-refractivity contribution in [2.24, 2.45) is 5.73 Å². The molecule has 1 rings (SSSR count). The highest BCUT2D eigenvalue weighted by molar-refractivity contribution is 7.08. The summed E-state index contributed by atoms with van der Waals surface area (Å²) in [6, 6.07) is 0. The average molecular weight is 195 g/mol. The van der Waals surface area contributed by atoms with Crippen molar-refractivity contribution in [2.45, 2.75) is 6.42 Å². The third-order valence-electron chi connectivity index (χ3n) is 1.47. The average Bonchev–Trinajstić information content (AvgIpc) is 2.51. The van der Waals surface area contributed by atoms with Crippen LogP contribution in [0.25, 0.3) is 6.08 Å². The number of hydrogen-bond acceptors (Lipinski definition) is 3. The molecule has 1 amide bonds. The molecule has 68 valence electrons. The maximum absolute atomic E-state index is 10.5. The summed E-state index contributed by atoms with van der Waals surface area (Å²) in [7, 11) is 0. The highest BCUT2D eigenvalue weighted by Gasteiger charge is 1.97. The molecule has 0 spiro atoms. The smallest absolute Gasteiger partial charge is 0.221 e. The highest BCUT2D eigenvalue weighted by Crippen LogP contribution is 2.14. The molecular weight excluding hydrogens is 186 g/mol. The second-order valence-electron chi connectivity index (χ2n) is 2.47. The molecule has 0 fully saturated rings. The maximum atomic E-state index is 10.5. The van der Waals surface area contributed by atoms with Crippen LogP contribution < -0.4 is 5.73 Å². The molecule has 0 radical (unpaired) electrons. The van der Waals surface area contributed by atoms with Crippen LogP contribution in [0.5, 0.6) is 0 Å². The largest absolute Gasteiger partial charge is 0.369 e. The number of hydrogen-bond donors (Lipinski definition) is 1. The van der Waals surface area contributed by atoms with Crippen molar-refractivity contribution in [3.05, 3.63) is 28.0 Å². The van der Waals surface area contributed by atoms with Gasteiger partial charge < -0.3 is 5.73 Å². The number of thiophene rings is 1. The molecule has 13 heavy (non-hydrogen) atoms. The Morgan fingerprint density at radius 3 is 2.77 bits per heavy atom. The molecule has 1 aromatic heterocycles. The van der Waals surface area contributed by atoms with Gasteiger partial charge in [-0.15, -0.1) is 0 Å². The van der Waals surface area contributed by atoms with Crippen LogP contribution in [0.1, 0.15) is 22.3 Å². The van der Waals surface area contributed by atoms with Gasteiger partial charge >= 0.3 is 0 Å². The van der Waals surface area contributed by atoms with Gasteiger partial charge in [-0.25, -0.2) is 0 Å². The van der Waals surface area contributed by atoms with Crippen LogP contribution in [0.4, 0.5) is 0 Å². The van der Waals surface area contributed by atoms with Gasteiger partial charge in [0.15, 0.2) is 6.29 Å². The summed E-state index contributed by atoms with van der Waals surface area (Å²) >= 11 is 1.45. The first-order valence-corrected chi connectivity index (χ1v) is 4.64. The summed E-state index contributed by atoms with van der Waals surface area (Å²) in [6.45, 7) is 0. The third kappa shape index (κ3) is 2.83. The second-order valence-corrected chi connectivity index (χ2v) is 3.22. The lowest BCUT2D eigenvalue weighted by Crippen LogP contribution is -2.07. The molecule has 0 unspecified atom stereocenters. The lowest BCUT2D eigenvalue weighted by molar-refractivity contribution is -0.117. The van der Waals surface area contributed by atoms with E-state index in [9.17, 15) is 9.59 Å². The number of nitrogens with two attached hydrogens (primary N) is 1. The van der Waals surface area contributed by atoms with E-state index in [2.05, 4.69) is 0 Å². The van der Waals surface area contributed by atoms with E-state index in [0.29, 0.717) is 5.56 Å². The van der Waals surface area contributed by atoms with E-state index >= 15 is 0 Å². The van der Waals surface area contributed by atoms with E-state index in [-0.39, 0.29) is 12.3 Å². The Kier molecular flexibility index (Phi) is 3.40. The normalized spacial score (nSPS) is 10.5. The molecule has 0 saturated carbocycles. The van der Waals surface area contributed by atoms with Crippen LogP contribution in [-0.2, 0) is 4.79 Å². The maximum Gasteiger partial charge on any atom is 0.221 e. The first-order chi connectivity index (χ1) is 6.24. The van der Waals surface area contributed by atoms with Gasteiger partial charge in [-0.05, 0) is 10.9 Å². The molecule has 0 aliphatic heterocycles. The van der Waals surface area contributed by atoms with E-state index in [0.717, 1.165) is 11.8 Å². The van der Waals surface area contributed by atoms with E-state index in [4.69, 9.17) is 5.73 Å². The zero-order chi connectivity index (χ0) is 9.68. The van der Waals surface area contributed by atoms with Gasteiger partial charge in [-0.3, -0.25) is 9.59 Å². The van der Waals surface area contributed by atoms with Gasteiger partial charge in [0.25, 0.3) is 0 Å². The van der Waals surface area contributed by atoms with Gasteiger partial charge in [0, 0.05) is 17.4 Å². The van der Waals surface area contributed by atoms with Crippen molar-refractivity contribution in [1.29, 1.82) is 0 Å². The minimum Gasteiger partial charge on any atom is -0.369 e. The standard InChI is InChI=1S/C9H9NO2S/c10-9(12)3-1-2-7-5-13-6-8(7)4-11/h1-2,4-6H,3H2,(H2,10,12). The molecule has 0 aliphatic rings. The quantitative estimate of drug-likeness (QED) is 0.739. The van der Waals surface area contributed by atoms with Crippen LogP contribution in [-0.4, -0.2) is 12.2 Å². The summed E-state index contributed by atoms with van der Waals surface area (Å²) < 4.78 is 0. The van der Waals surface area contributed by atoms with Crippen molar-refractivity contribution in [2.75, 3.05) is 0 Å². The van der Waals surface area contributed by atoms with Crippen LogP contribution in [0, 0.1) is 0 Å². The van der Waals surface area contributed by atoms with Crippen molar-refractivity contribution in [3.63, 3.8) is 0 Å². The van der Waals surface area contributed by atoms with E-state index < -0.39 is 0 Å². The minimum atomic E-state index is -0.376. The van der Waals surface area contributed by atoms with Crippen molar-refractivity contribution >= 4 is 29.6 Å². The number of primary amides is 1. The Morgan fingerprint density at radius 1 is 1.46 bits per heavy atom. The lowest BCUT2D eigenvalue weighted by Gasteiger charge is -1.87. The molecule has 2 N–H and O–H groups in total. The second kappa shape index (κ2) is 4.57. The third-order valence-corrected chi connectivity index (χ3v) is 2.25. The molecule has 1 heterocycles. The summed E-state index contributed by atoms with van der Waals surface area (Å²) in [4.78, 5) is 20.9. The highest BCUT2D eigenvalue weighted by atomic mass is 32.1. The first-order valence-electron chi connectivity index (χ1n) is 3.70. The monoisotopic (exact) mass is 195 g/mol. The van der Waals surface area contributed by atoms with Crippen LogP contribution in [0.15, 0.2) is 16.8 Å². The molecule has 1 aromatic rings. The SMILES string of the molecule is NC(=O)CC=Cc1cscc1C=O. The zero-order valence-electron chi connectivity index (χ0n) is 6.90. The van der Waals surface area contributed by atoms with E-state index in [1.54, 1.807) is 17.5 Å². The molecule has 0 bridgehead atoms. The van der Waals surface area contributed by atoms with Gasteiger partial charge in [0.1, 0.15) is 0 Å². The molecule has 0 aromatic carbocycles. The van der Waals surface area contributed by atoms with Gasteiger partial charge in [-0.2, -0.15) is 11.3 Å². The summed E-state index contributed by atoms with van der Waals surface area (Å²) in [6.07, 6.45) is 4.37. The summed E-state index contributed by atoms with van der Waals surface area (Å²) in [5, 5.41) is 3.61. The molecule has 4 heteroatoms. The predicted octanol–water partition coefficient (Wildman–Crippen LogP) is 1.45. The minimum absolute atomic E-state index is 0.203. The van der Waals surface area contributed by atoms with Gasteiger partial charge in [0.2, 0.25) is 5.91 Å². The van der Waals surface area contributed by atoms with Crippen LogP contribution in [0.3, 0.4) is 0 Å². The fourth-order valence-electron chi connectivity index (χ4n) is 0.850. The number of amides is 1. The Bertz CT molecular complexity index is 341. The molecule has 0 aliphatic carbocycles. The fourth-order valence-corrected chi connectivity index (χ4v) is 1.62. The molecule has 0 atom stereocenters. The Hall–Kier alpha value is -1.42. The van der Waals surface area contributed by atoms with Crippen molar-refractivity contribution in [3.8, 4) is 0 Å². The number of carbonyl (C=O) groups excluding carboxylic acids is 2. The Balaban J connectivity index is 2.67. The topological polar surface area (TPSA) is 60.2 Å². The summed E-state index contributed by atoms with van der Waals surface area (Å²) in [5.41, 5.74) is 6.42. The van der Waals surface area contributed by atoms with E-state index in [1.807, 2.05) is 5.38 Å². The molecule has 0 saturated heterocycles. The van der Waals surface area contributed by atoms with Crippen molar-refractivity contribution < 1.29 is 9.59 Å². The number of carbonyl (C=O) groups is 2. The number of rotatable bonds is 4. The fraction of sp³-hybridized carbons (Fsp3) is 0.111. The zero-order valence-corrected chi connectivity index (χ0v) is 7.71.